The van der Waals surface area contributed by atoms with E-state index in [1.54, 1.807) is 0 Å². The number of thiophene rings is 1. The van der Waals surface area contributed by atoms with Gasteiger partial charge < -0.3 is 10.1 Å². The van der Waals surface area contributed by atoms with E-state index in [1.807, 2.05) is 41.8 Å². The minimum atomic E-state index is -0.941. The number of aryl methyl sites for hydroxylation is 1. The number of carbonyl (C=O) groups excluding carboxylic acids is 2. The van der Waals surface area contributed by atoms with Gasteiger partial charge in [0.1, 0.15) is 0 Å². The van der Waals surface area contributed by atoms with Crippen molar-refractivity contribution >= 4 is 28.9 Å². The predicted molar refractivity (Wildman–Crippen MR) is 101 cm³/mol. The number of hydrogen-bond acceptors (Lipinski definition) is 7. The number of nitrogens with one attached hydrogen (secondary N) is 1. The second-order valence-corrected chi connectivity index (χ2v) is 6.74. The topological polar surface area (TPSA) is 99.0 Å². The molecule has 0 bridgehead atoms. The molecule has 0 saturated carbocycles. The average molecular weight is 385 g/mol. The van der Waals surface area contributed by atoms with Gasteiger partial charge in [0.2, 0.25) is 5.82 Å². The van der Waals surface area contributed by atoms with Gasteiger partial charge in [-0.05, 0) is 47.7 Å². The summed E-state index contributed by atoms with van der Waals surface area (Å²) >= 11 is 1.48. The lowest BCUT2D eigenvalue weighted by molar-refractivity contribution is -0.154. The highest BCUT2D eigenvalue weighted by Crippen LogP contribution is 2.19. The fourth-order valence-electron chi connectivity index (χ4n) is 2.29. The molecule has 0 unspecified atom stereocenters. The molecule has 1 atom stereocenters. The number of benzene rings is 1. The number of aromatic nitrogens is 4. The van der Waals surface area contributed by atoms with Crippen molar-refractivity contribution in [3.8, 4) is 10.7 Å². The molecule has 0 fully saturated rings. The Kier molecular flexibility index (Phi) is 5.92. The Morgan fingerprint density at radius 2 is 2.04 bits per heavy atom. The first kappa shape index (κ1) is 18.7. The first-order valence-corrected chi connectivity index (χ1v) is 9.34. The van der Waals surface area contributed by atoms with E-state index in [1.165, 1.54) is 23.8 Å². The zero-order valence-corrected chi connectivity index (χ0v) is 15.8. The molecule has 2 aromatic heterocycles. The van der Waals surface area contributed by atoms with Gasteiger partial charge in [0, 0.05) is 5.69 Å². The fourth-order valence-corrected chi connectivity index (χ4v) is 2.93. The van der Waals surface area contributed by atoms with Gasteiger partial charge >= 0.3 is 5.97 Å². The van der Waals surface area contributed by atoms with Gasteiger partial charge in [-0.15, -0.1) is 21.5 Å². The highest BCUT2D eigenvalue weighted by molar-refractivity contribution is 7.13. The van der Waals surface area contributed by atoms with Crippen molar-refractivity contribution in [3.05, 3.63) is 47.3 Å². The normalized spacial score (nSPS) is 11.8. The van der Waals surface area contributed by atoms with Crippen molar-refractivity contribution < 1.29 is 14.3 Å². The molecule has 0 aliphatic heterocycles. The van der Waals surface area contributed by atoms with Crippen LogP contribution in [0.5, 0.6) is 0 Å². The van der Waals surface area contributed by atoms with Crippen LogP contribution in [-0.2, 0) is 27.3 Å². The van der Waals surface area contributed by atoms with E-state index in [0.29, 0.717) is 11.5 Å². The fraction of sp³-hybridized carbons (Fsp3) is 0.278. The van der Waals surface area contributed by atoms with Crippen LogP contribution in [0.3, 0.4) is 0 Å². The summed E-state index contributed by atoms with van der Waals surface area (Å²) in [5, 5.41) is 16.5. The van der Waals surface area contributed by atoms with E-state index < -0.39 is 18.0 Å². The number of hydrogen-bond donors (Lipinski definition) is 1. The standard InChI is InChI=1S/C18H19N5O3S/c1-3-13-6-8-14(9-7-13)19-18(25)12(2)26-16(24)11-23-21-17(20-22-23)15-5-4-10-27-15/h4-10,12H,3,11H2,1-2H3,(H,19,25)/t12-/m0/s1. The van der Waals surface area contributed by atoms with E-state index >= 15 is 0 Å². The number of ether oxygens (including phenoxy) is 1. The van der Waals surface area contributed by atoms with Crippen LogP contribution in [0.2, 0.25) is 0 Å². The van der Waals surface area contributed by atoms with Crippen LogP contribution in [0.15, 0.2) is 41.8 Å². The maximum atomic E-state index is 12.2. The Balaban J connectivity index is 1.51. The Hall–Kier alpha value is -3.07. The van der Waals surface area contributed by atoms with Crippen molar-refractivity contribution in [1.82, 2.24) is 20.2 Å². The third-order valence-corrected chi connectivity index (χ3v) is 4.64. The molecule has 1 amide bonds. The highest BCUT2D eigenvalue weighted by atomic mass is 32.1. The quantitative estimate of drug-likeness (QED) is 0.628. The van der Waals surface area contributed by atoms with Gasteiger partial charge in [-0.1, -0.05) is 25.1 Å². The number of anilines is 1. The third kappa shape index (κ3) is 4.98. The smallest absolute Gasteiger partial charge is 0.330 e. The maximum absolute atomic E-state index is 12.2. The maximum Gasteiger partial charge on any atom is 0.330 e. The van der Waals surface area contributed by atoms with Crippen LogP contribution in [-0.4, -0.2) is 38.2 Å². The largest absolute Gasteiger partial charge is 0.451 e. The molecule has 0 spiro atoms. The van der Waals surface area contributed by atoms with Crippen molar-refractivity contribution in [2.24, 2.45) is 0 Å². The molecular weight excluding hydrogens is 366 g/mol. The second-order valence-electron chi connectivity index (χ2n) is 5.79. The molecule has 0 aliphatic carbocycles. The summed E-state index contributed by atoms with van der Waals surface area (Å²) in [4.78, 5) is 26.2. The summed E-state index contributed by atoms with van der Waals surface area (Å²) in [6, 6.07) is 11.3. The van der Waals surface area contributed by atoms with Crippen LogP contribution in [0.4, 0.5) is 5.69 Å². The van der Waals surface area contributed by atoms with Crippen molar-refractivity contribution in [2.75, 3.05) is 5.32 Å². The molecule has 3 aromatic rings. The monoisotopic (exact) mass is 385 g/mol. The number of esters is 1. The molecule has 2 heterocycles. The second kappa shape index (κ2) is 8.54. The van der Waals surface area contributed by atoms with Crippen molar-refractivity contribution in [1.29, 1.82) is 0 Å². The molecule has 8 nitrogen and oxygen atoms in total. The summed E-state index contributed by atoms with van der Waals surface area (Å²) in [5.41, 5.74) is 1.83. The van der Waals surface area contributed by atoms with Gasteiger partial charge in [0.15, 0.2) is 12.6 Å². The van der Waals surface area contributed by atoms with Gasteiger partial charge in [0.05, 0.1) is 4.88 Å². The van der Waals surface area contributed by atoms with E-state index in [4.69, 9.17) is 4.74 Å². The highest BCUT2D eigenvalue weighted by Gasteiger charge is 2.19. The Morgan fingerprint density at radius 3 is 2.70 bits per heavy atom. The Bertz CT molecular complexity index is 905. The van der Waals surface area contributed by atoms with Gasteiger partial charge in [-0.25, -0.2) is 4.79 Å². The van der Waals surface area contributed by atoms with Crippen LogP contribution >= 0.6 is 11.3 Å². The molecule has 0 aliphatic rings. The first-order valence-electron chi connectivity index (χ1n) is 8.46. The summed E-state index contributed by atoms with van der Waals surface area (Å²) in [7, 11) is 0. The van der Waals surface area contributed by atoms with Crippen LogP contribution < -0.4 is 5.32 Å². The zero-order valence-electron chi connectivity index (χ0n) is 15.0. The number of carbonyl (C=O) groups is 2. The molecule has 9 heteroatoms. The summed E-state index contributed by atoms with van der Waals surface area (Å²) in [6.45, 7) is 3.35. The average Bonchev–Trinajstić information content (AvgIpc) is 3.33. The molecule has 140 valence electrons. The number of nitrogens with zero attached hydrogens (tertiary/aromatic N) is 4. The van der Waals surface area contributed by atoms with Gasteiger partial charge in [0.25, 0.3) is 5.91 Å². The Labute approximate surface area is 160 Å². The third-order valence-electron chi connectivity index (χ3n) is 3.77. The minimum absolute atomic E-state index is 0.221. The lowest BCUT2D eigenvalue weighted by Gasteiger charge is -2.13. The number of rotatable bonds is 7. The molecule has 3 rings (SSSR count). The molecule has 0 saturated heterocycles. The van der Waals surface area contributed by atoms with Gasteiger partial charge in [-0.2, -0.15) is 4.80 Å². The Morgan fingerprint density at radius 1 is 1.26 bits per heavy atom. The van der Waals surface area contributed by atoms with Gasteiger partial charge in [-0.3, -0.25) is 4.79 Å². The summed E-state index contributed by atoms with van der Waals surface area (Å²) in [5.74, 6) is -0.577. The number of tetrazole rings is 1. The van der Waals surface area contributed by atoms with E-state index in [2.05, 4.69) is 27.7 Å². The van der Waals surface area contributed by atoms with E-state index in [9.17, 15) is 9.59 Å². The molecule has 0 radical (unpaired) electrons. The molecule has 1 N–H and O–H groups in total. The lowest BCUT2D eigenvalue weighted by atomic mass is 10.1. The van der Waals surface area contributed by atoms with Crippen molar-refractivity contribution in [3.63, 3.8) is 0 Å². The van der Waals surface area contributed by atoms with E-state index in [0.717, 1.165) is 16.1 Å². The molecular formula is C18H19N5O3S. The van der Waals surface area contributed by atoms with Crippen molar-refractivity contribution in [2.45, 2.75) is 32.9 Å². The molecule has 1 aromatic carbocycles. The lowest BCUT2D eigenvalue weighted by Crippen LogP contribution is -2.31. The SMILES string of the molecule is CCc1ccc(NC(=O)[C@H](C)OC(=O)Cn2nnc(-c3cccs3)n2)cc1. The zero-order chi connectivity index (χ0) is 19.2. The summed E-state index contributed by atoms with van der Waals surface area (Å²) < 4.78 is 5.16. The van der Waals surface area contributed by atoms with Crippen LogP contribution in [0.1, 0.15) is 19.4 Å². The predicted octanol–water partition coefficient (Wildman–Crippen LogP) is 2.53. The molecule has 27 heavy (non-hydrogen) atoms. The first-order chi connectivity index (χ1) is 13.0. The van der Waals surface area contributed by atoms with E-state index in [-0.39, 0.29) is 6.54 Å². The summed E-state index contributed by atoms with van der Waals surface area (Å²) in [6.07, 6.45) is -0.0177. The van der Waals surface area contributed by atoms with Crippen LogP contribution in [0.25, 0.3) is 10.7 Å². The minimum Gasteiger partial charge on any atom is -0.451 e. The van der Waals surface area contributed by atoms with Crippen LogP contribution in [0, 0.1) is 0 Å². The number of amides is 1.